The highest BCUT2D eigenvalue weighted by molar-refractivity contribution is 5.69. The summed E-state index contributed by atoms with van der Waals surface area (Å²) in [7, 11) is 0. The molecule has 0 rings (SSSR count). The minimum absolute atomic E-state index is 0.0978. The van der Waals surface area contributed by atoms with Crippen LogP contribution in [-0.4, -0.2) is 39.0 Å². The van der Waals surface area contributed by atoms with Crippen LogP contribution in [0, 0.1) is 0 Å². The average molecular weight is 345 g/mol. The molecule has 0 saturated heterocycles. The van der Waals surface area contributed by atoms with Gasteiger partial charge in [-0.25, -0.2) is 0 Å². The van der Waals surface area contributed by atoms with Crippen molar-refractivity contribution < 1.29 is 19.0 Å². The van der Waals surface area contributed by atoms with E-state index in [1.807, 2.05) is 6.92 Å². The topological polar surface area (TPSA) is 44.8 Å². The lowest BCUT2D eigenvalue weighted by molar-refractivity contribution is -0.144. The first-order valence-corrected chi connectivity index (χ1v) is 10.1. The van der Waals surface area contributed by atoms with Gasteiger partial charge in [0, 0.05) is 19.6 Å². The molecule has 0 aromatic heterocycles. The van der Waals surface area contributed by atoms with Crippen LogP contribution in [0.15, 0.2) is 0 Å². The zero-order valence-electron chi connectivity index (χ0n) is 16.2. The molecule has 0 amide bonds. The van der Waals surface area contributed by atoms with Gasteiger partial charge in [-0.05, 0) is 19.8 Å². The minimum Gasteiger partial charge on any atom is -0.466 e. The first-order chi connectivity index (χ1) is 11.8. The van der Waals surface area contributed by atoms with Crippen molar-refractivity contribution in [3.8, 4) is 0 Å². The molecule has 0 spiro atoms. The van der Waals surface area contributed by atoms with Crippen molar-refractivity contribution in [2.75, 3.05) is 33.0 Å². The summed E-state index contributed by atoms with van der Waals surface area (Å²) in [4.78, 5) is 11.5. The van der Waals surface area contributed by atoms with Gasteiger partial charge >= 0.3 is 5.97 Å². The van der Waals surface area contributed by atoms with Gasteiger partial charge in [0.05, 0.1) is 19.8 Å². The van der Waals surface area contributed by atoms with Crippen molar-refractivity contribution in [1.29, 1.82) is 0 Å². The van der Waals surface area contributed by atoms with Gasteiger partial charge in [0.25, 0.3) is 0 Å². The number of carbonyl (C=O) groups is 1. The van der Waals surface area contributed by atoms with Crippen molar-refractivity contribution in [1.82, 2.24) is 0 Å². The average Bonchev–Trinajstić information content (AvgIpc) is 2.59. The molecule has 4 nitrogen and oxygen atoms in total. The summed E-state index contributed by atoms with van der Waals surface area (Å²) >= 11 is 0. The Morgan fingerprint density at radius 3 is 1.83 bits per heavy atom. The van der Waals surface area contributed by atoms with Crippen molar-refractivity contribution in [3.05, 3.63) is 0 Å². The van der Waals surface area contributed by atoms with Crippen LogP contribution in [0.3, 0.4) is 0 Å². The van der Waals surface area contributed by atoms with Gasteiger partial charge < -0.3 is 14.2 Å². The van der Waals surface area contributed by atoms with E-state index in [4.69, 9.17) is 14.2 Å². The Morgan fingerprint density at radius 1 is 0.625 bits per heavy atom. The monoisotopic (exact) mass is 344 g/mol. The Hall–Kier alpha value is -0.610. The standard InChI is InChI=1S/C20H40O4/c1-3-5-6-7-8-9-10-11-12-13-17-24-20(21)15-14-16-23-19-18-22-4-2/h3-19H2,1-2H3. The van der Waals surface area contributed by atoms with Gasteiger partial charge in [-0.2, -0.15) is 0 Å². The maximum atomic E-state index is 11.5. The Balaban J connectivity index is 3.12. The fraction of sp³-hybridized carbons (Fsp3) is 0.950. The Kier molecular flexibility index (Phi) is 19.9. The van der Waals surface area contributed by atoms with Crippen LogP contribution in [0.1, 0.15) is 90.9 Å². The second-order valence-corrected chi connectivity index (χ2v) is 6.32. The van der Waals surface area contributed by atoms with Crippen LogP contribution >= 0.6 is 0 Å². The Bertz CT molecular complexity index is 256. The SMILES string of the molecule is CCCCCCCCCCCCOC(=O)CCCOCCOCC. The lowest BCUT2D eigenvalue weighted by Crippen LogP contribution is -2.09. The molecular weight excluding hydrogens is 304 g/mol. The van der Waals surface area contributed by atoms with Crippen LogP contribution in [0.2, 0.25) is 0 Å². The molecule has 0 fully saturated rings. The molecule has 0 aromatic carbocycles. The fourth-order valence-electron chi connectivity index (χ4n) is 2.53. The third-order valence-electron chi connectivity index (χ3n) is 4.01. The van der Waals surface area contributed by atoms with Crippen molar-refractivity contribution in [2.24, 2.45) is 0 Å². The highest BCUT2D eigenvalue weighted by Gasteiger charge is 2.02. The predicted octanol–water partition coefficient (Wildman–Crippen LogP) is 5.28. The summed E-state index contributed by atoms with van der Waals surface area (Å²) in [5, 5.41) is 0. The summed E-state index contributed by atoms with van der Waals surface area (Å²) < 4.78 is 15.8. The van der Waals surface area contributed by atoms with E-state index in [2.05, 4.69) is 6.92 Å². The highest BCUT2D eigenvalue weighted by Crippen LogP contribution is 2.10. The molecule has 0 heterocycles. The first-order valence-electron chi connectivity index (χ1n) is 10.1. The van der Waals surface area contributed by atoms with Crippen molar-refractivity contribution in [3.63, 3.8) is 0 Å². The lowest BCUT2D eigenvalue weighted by Gasteiger charge is -2.06. The summed E-state index contributed by atoms with van der Waals surface area (Å²) in [5.74, 6) is -0.0978. The molecule has 0 aliphatic carbocycles. The smallest absolute Gasteiger partial charge is 0.305 e. The second-order valence-electron chi connectivity index (χ2n) is 6.32. The molecule has 144 valence electrons. The third-order valence-corrected chi connectivity index (χ3v) is 4.01. The second kappa shape index (κ2) is 20.4. The van der Waals surface area contributed by atoms with Crippen LogP contribution in [-0.2, 0) is 19.0 Å². The number of rotatable bonds is 19. The van der Waals surface area contributed by atoms with E-state index in [1.54, 1.807) is 0 Å². The summed E-state index contributed by atoms with van der Waals surface area (Å²) in [6.45, 7) is 7.33. The number of carbonyl (C=O) groups excluding carboxylic acids is 1. The fourth-order valence-corrected chi connectivity index (χ4v) is 2.53. The predicted molar refractivity (Wildman–Crippen MR) is 99.3 cm³/mol. The highest BCUT2D eigenvalue weighted by atomic mass is 16.5. The molecule has 0 aliphatic heterocycles. The molecule has 0 saturated carbocycles. The molecular formula is C20H40O4. The summed E-state index contributed by atoms with van der Waals surface area (Å²) in [5.41, 5.74) is 0. The normalized spacial score (nSPS) is 10.9. The van der Waals surface area contributed by atoms with Crippen LogP contribution in [0.4, 0.5) is 0 Å². The van der Waals surface area contributed by atoms with E-state index in [0.29, 0.717) is 39.5 Å². The van der Waals surface area contributed by atoms with Crippen molar-refractivity contribution >= 4 is 5.97 Å². The number of esters is 1. The molecule has 0 aromatic rings. The van der Waals surface area contributed by atoms with Crippen LogP contribution in [0.5, 0.6) is 0 Å². The molecule has 0 unspecified atom stereocenters. The van der Waals surface area contributed by atoms with Gasteiger partial charge in [-0.15, -0.1) is 0 Å². The molecule has 4 heteroatoms. The number of hydrogen-bond donors (Lipinski definition) is 0. The molecule has 0 atom stereocenters. The number of ether oxygens (including phenoxy) is 3. The van der Waals surface area contributed by atoms with E-state index < -0.39 is 0 Å². The molecule has 0 radical (unpaired) electrons. The first kappa shape index (κ1) is 23.4. The Morgan fingerprint density at radius 2 is 1.21 bits per heavy atom. The minimum atomic E-state index is -0.0978. The van der Waals surface area contributed by atoms with Gasteiger partial charge in [0.1, 0.15) is 0 Å². The van der Waals surface area contributed by atoms with E-state index in [9.17, 15) is 4.79 Å². The lowest BCUT2D eigenvalue weighted by atomic mass is 10.1. The van der Waals surface area contributed by atoms with Gasteiger partial charge in [-0.3, -0.25) is 4.79 Å². The van der Waals surface area contributed by atoms with Crippen molar-refractivity contribution in [2.45, 2.75) is 90.9 Å². The maximum Gasteiger partial charge on any atom is 0.305 e. The summed E-state index contributed by atoms with van der Waals surface area (Å²) in [6, 6.07) is 0. The van der Waals surface area contributed by atoms with Gasteiger partial charge in [0.15, 0.2) is 0 Å². The summed E-state index contributed by atoms with van der Waals surface area (Å²) in [6.07, 6.45) is 14.1. The number of unbranched alkanes of at least 4 members (excludes halogenated alkanes) is 9. The van der Waals surface area contributed by atoms with Gasteiger partial charge in [-0.1, -0.05) is 64.7 Å². The number of hydrogen-bond acceptors (Lipinski definition) is 4. The van der Waals surface area contributed by atoms with Crippen LogP contribution < -0.4 is 0 Å². The van der Waals surface area contributed by atoms with Crippen LogP contribution in [0.25, 0.3) is 0 Å². The molecule has 0 N–H and O–H groups in total. The molecule has 24 heavy (non-hydrogen) atoms. The zero-order valence-corrected chi connectivity index (χ0v) is 16.2. The third kappa shape index (κ3) is 19.4. The van der Waals surface area contributed by atoms with Gasteiger partial charge in [0.2, 0.25) is 0 Å². The van der Waals surface area contributed by atoms with E-state index >= 15 is 0 Å². The van der Waals surface area contributed by atoms with E-state index in [1.165, 1.54) is 57.8 Å². The maximum absolute atomic E-state index is 11.5. The van der Waals surface area contributed by atoms with E-state index in [0.717, 1.165) is 12.8 Å². The zero-order chi connectivity index (χ0) is 17.7. The Labute approximate surface area is 149 Å². The van der Waals surface area contributed by atoms with E-state index in [-0.39, 0.29) is 5.97 Å². The molecule has 0 aliphatic rings. The molecule has 0 bridgehead atoms. The largest absolute Gasteiger partial charge is 0.466 e. The quantitative estimate of drug-likeness (QED) is 0.236.